The Hall–Kier alpha value is -0.530. The molecule has 0 radical (unpaired) electrons. The van der Waals surface area contributed by atoms with E-state index in [9.17, 15) is 0 Å². The molecule has 0 heterocycles. The summed E-state index contributed by atoms with van der Waals surface area (Å²) in [6, 6.07) is 7.65. The van der Waals surface area contributed by atoms with Crippen molar-refractivity contribution in [3.05, 3.63) is 35.4 Å². The van der Waals surface area contributed by atoms with Crippen LogP contribution in [0.25, 0.3) is 0 Å². The topological polar surface area (TPSA) is 20.2 Å². The molecule has 1 unspecified atom stereocenters. The summed E-state index contributed by atoms with van der Waals surface area (Å²) in [6.07, 6.45) is 0. The van der Waals surface area contributed by atoms with Crippen LogP contribution in [-0.4, -0.2) is 5.11 Å². The molecule has 0 spiro atoms. The largest absolute Gasteiger partial charge is 0.392 e. The maximum absolute atomic E-state index is 8.80. The summed E-state index contributed by atoms with van der Waals surface area (Å²) < 4.78 is 0. The molecule has 60 valence electrons. The van der Waals surface area contributed by atoms with Crippen LogP contribution in [0.3, 0.4) is 0 Å². The molecule has 0 bridgehead atoms. The molecular formula is C9H11ClO. The Balaban J connectivity index is 2.91. The molecule has 2 heteroatoms. The van der Waals surface area contributed by atoms with Crippen molar-refractivity contribution >= 4 is 11.6 Å². The molecule has 0 saturated carbocycles. The van der Waals surface area contributed by atoms with Crippen molar-refractivity contribution in [2.45, 2.75) is 18.9 Å². The number of aliphatic hydroxyl groups excluding tert-OH is 1. The van der Waals surface area contributed by atoms with Gasteiger partial charge in [-0.05, 0) is 18.1 Å². The molecule has 1 nitrogen and oxygen atoms in total. The van der Waals surface area contributed by atoms with E-state index in [4.69, 9.17) is 16.7 Å². The first-order chi connectivity index (χ1) is 5.24. The van der Waals surface area contributed by atoms with Crippen LogP contribution >= 0.6 is 11.6 Å². The molecule has 0 saturated heterocycles. The third kappa shape index (κ3) is 2.21. The van der Waals surface area contributed by atoms with Crippen molar-refractivity contribution in [3.63, 3.8) is 0 Å². The standard InChI is InChI=1S/C9H11ClO/c1-7(10)9-4-2-3-8(5-9)6-11/h2-5,7,11H,6H2,1H3. The van der Waals surface area contributed by atoms with Crippen molar-refractivity contribution in [2.75, 3.05) is 0 Å². The minimum atomic E-state index is 0.0153. The molecule has 0 aromatic heterocycles. The second-order valence-electron chi connectivity index (χ2n) is 2.52. The summed E-state index contributed by atoms with van der Waals surface area (Å²) in [4.78, 5) is 0. The SMILES string of the molecule is CC(Cl)c1cccc(CO)c1. The van der Waals surface area contributed by atoms with Gasteiger partial charge >= 0.3 is 0 Å². The van der Waals surface area contributed by atoms with Gasteiger partial charge in [-0.25, -0.2) is 0 Å². The van der Waals surface area contributed by atoms with Crippen molar-refractivity contribution in [1.29, 1.82) is 0 Å². The summed E-state index contributed by atoms with van der Waals surface area (Å²) in [5.41, 5.74) is 1.97. The first kappa shape index (κ1) is 8.57. The molecule has 1 aromatic rings. The lowest BCUT2D eigenvalue weighted by Crippen LogP contribution is -1.87. The van der Waals surface area contributed by atoms with E-state index in [1.54, 1.807) is 0 Å². The Bertz CT molecular complexity index is 233. The first-order valence-electron chi connectivity index (χ1n) is 3.58. The lowest BCUT2D eigenvalue weighted by Gasteiger charge is -2.03. The molecule has 0 aliphatic heterocycles. The van der Waals surface area contributed by atoms with E-state index in [-0.39, 0.29) is 12.0 Å². The number of rotatable bonds is 2. The first-order valence-corrected chi connectivity index (χ1v) is 4.01. The molecule has 1 atom stereocenters. The van der Waals surface area contributed by atoms with Crippen LogP contribution < -0.4 is 0 Å². The predicted octanol–water partition coefficient (Wildman–Crippen LogP) is 2.48. The summed E-state index contributed by atoms with van der Waals surface area (Å²) >= 11 is 5.85. The third-order valence-corrected chi connectivity index (χ3v) is 1.84. The van der Waals surface area contributed by atoms with Gasteiger partial charge in [0, 0.05) is 0 Å². The second kappa shape index (κ2) is 3.74. The average molecular weight is 171 g/mol. The quantitative estimate of drug-likeness (QED) is 0.677. The minimum Gasteiger partial charge on any atom is -0.392 e. The van der Waals surface area contributed by atoms with E-state index in [0.29, 0.717) is 0 Å². The molecule has 0 fully saturated rings. The number of benzene rings is 1. The molecule has 1 N–H and O–H groups in total. The van der Waals surface area contributed by atoms with Crippen molar-refractivity contribution in [2.24, 2.45) is 0 Å². The lowest BCUT2D eigenvalue weighted by atomic mass is 10.1. The van der Waals surface area contributed by atoms with E-state index in [1.165, 1.54) is 0 Å². The number of aliphatic hydroxyl groups is 1. The van der Waals surface area contributed by atoms with Crippen LogP contribution in [0.4, 0.5) is 0 Å². The van der Waals surface area contributed by atoms with Crippen molar-refractivity contribution in [3.8, 4) is 0 Å². The Kier molecular flexibility index (Phi) is 2.92. The zero-order chi connectivity index (χ0) is 8.27. The number of halogens is 1. The second-order valence-corrected chi connectivity index (χ2v) is 3.17. The smallest absolute Gasteiger partial charge is 0.0681 e. The van der Waals surface area contributed by atoms with Gasteiger partial charge in [0.1, 0.15) is 0 Å². The summed E-state index contributed by atoms with van der Waals surface area (Å²) in [5.74, 6) is 0. The summed E-state index contributed by atoms with van der Waals surface area (Å²) in [7, 11) is 0. The fourth-order valence-electron chi connectivity index (χ4n) is 0.939. The van der Waals surface area contributed by atoms with Crippen LogP contribution in [0.2, 0.25) is 0 Å². The van der Waals surface area contributed by atoms with Gasteiger partial charge in [-0.3, -0.25) is 0 Å². The Morgan fingerprint density at radius 3 is 2.82 bits per heavy atom. The average Bonchev–Trinajstić information content (AvgIpc) is 2.05. The molecule has 1 rings (SSSR count). The number of hydrogen-bond donors (Lipinski definition) is 1. The van der Waals surface area contributed by atoms with Crippen LogP contribution in [0.5, 0.6) is 0 Å². The van der Waals surface area contributed by atoms with Crippen molar-refractivity contribution < 1.29 is 5.11 Å². The molecule has 0 aliphatic rings. The van der Waals surface area contributed by atoms with Gasteiger partial charge in [-0.1, -0.05) is 24.3 Å². The summed E-state index contributed by atoms with van der Waals surface area (Å²) in [6.45, 7) is 2.00. The fourth-order valence-corrected chi connectivity index (χ4v) is 1.07. The highest BCUT2D eigenvalue weighted by Crippen LogP contribution is 2.19. The van der Waals surface area contributed by atoms with Gasteiger partial charge in [0.2, 0.25) is 0 Å². The van der Waals surface area contributed by atoms with Crippen LogP contribution in [-0.2, 0) is 6.61 Å². The van der Waals surface area contributed by atoms with Crippen LogP contribution in [0.15, 0.2) is 24.3 Å². The van der Waals surface area contributed by atoms with Crippen LogP contribution in [0, 0.1) is 0 Å². The predicted molar refractivity (Wildman–Crippen MR) is 46.6 cm³/mol. The van der Waals surface area contributed by atoms with E-state index in [0.717, 1.165) is 11.1 Å². The van der Waals surface area contributed by atoms with Gasteiger partial charge in [0.05, 0.1) is 12.0 Å². The molecule has 0 amide bonds. The molecule has 11 heavy (non-hydrogen) atoms. The summed E-state index contributed by atoms with van der Waals surface area (Å²) in [5, 5.41) is 8.82. The normalized spacial score (nSPS) is 13.0. The van der Waals surface area contributed by atoms with E-state index in [2.05, 4.69) is 0 Å². The number of alkyl halides is 1. The van der Waals surface area contributed by atoms with Crippen molar-refractivity contribution in [1.82, 2.24) is 0 Å². The number of hydrogen-bond acceptors (Lipinski definition) is 1. The minimum absolute atomic E-state index is 0.0153. The highest BCUT2D eigenvalue weighted by atomic mass is 35.5. The third-order valence-electron chi connectivity index (χ3n) is 1.59. The molecule has 0 aliphatic carbocycles. The molecular weight excluding hydrogens is 160 g/mol. The monoisotopic (exact) mass is 170 g/mol. The zero-order valence-electron chi connectivity index (χ0n) is 6.42. The van der Waals surface area contributed by atoms with Gasteiger partial charge in [-0.2, -0.15) is 0 Å². The fraction of sp³-hybridized carbons (Fsp3) is 0.333. The van der Waals surface area contributed by atoms with Crippen LogP contribution in [0.1, 0.15) is 23.4 Å². The lowest BCUT2D eigenvalue weighted by molar-refractivity contribution is 0.281. The van der Waals surface area contributed by atoms with E-state index >= 15 is 0 Å². The van der Waals surface area contributed by atoms with Gasteiger partial charge in [-0.15, -0.1) is 11.6 Å². The van der Waals surface area contributed by atoms with Gasteiger partial charge < -0.3 is 5.11 Å². The maximum atomic E-state index is 8.80. The highest BCUT2D eigenvalue weighted by molar-refractivity contribution is 6.20. The Labute approximate surface area is 71.6 Å². The Morgan fingerprint density at radius 1 is 1.55 bits per heavy atom. The van der Waals surface area contributed by atoms with E-state index in [1.807, 2.05) is 31.2 Å². The van der Waals surface area contributed by atoms with Gasteiger partial charge in [0.25, 0.3) is 0 Å². The van der Waals surface area contributed by atoms with Gasteiger partial charge in [0.15, 0.2) is 0 Å². The highest BCUT2D eigenvalue weighted by Gasteiger charge is 2.00. The maximum Gasteiger partial charge on any atom is 0.0681 e. The zero-order valence-corrected chi connectivity index (χ0v) is 7.17. The Morgan fingerprint density at radius 2 is 2.27 bits per heavy atom. The molecule has 1 aromatic carbocycles. The van der Waals surface area contributed by atoms with E-state index < -0.39 is 0 Å².